The molecule has 66 valence electrons. The Kier molecular flexibility index (Phi) is 3.10. The fourth-order valence-corrected chi connectivity index (χ4v) is 1.43. The number of rotatable bonds is 2. The summed E-state index contributed by atoms with van der Waals surface area (Å²) in [5.74, 6) is -0.627. The first-order valence-electron chi connectivity index (χ1n) is 2.82. The summed E-state index contributed by atoms with van der Waals surface area (Å²) in [6.45, 7) is 0. The molecule has 0 fully saturated rings. The van der Waals surface area contributed by atoms with Crippen molar-refractivity contribution >= 4 is 34.2 Å². The largest absolute Gasteiger partial charge is 0.464 e. The van der Waals surface area contributed by atoms with Crippen molar-refractivity contribution in [3.63, 3.8) is 0 Å². The normalized spacial score (nSPS) is 9.92. The van der Waals surface area contributed by atoms with Gasteiger partial charge in [-0.1, -0.05) is 0 Å². The van der Waals surface area contributed by atoms with Gasteiger partial charge in [0, 0.05) is 6.07 Å². The molecule has 0 aliphatic rings. The van der Waals surface area contributed by atoms with Gasteiger partial charge >= 0.3 is 5.97 Å². The van der Waals surface area contributed by atoms with Crippen molar-refractivity contribution in [2.45, 2.75) is 0 Å². The predicted octanol–water partition coefficient (Wildman–Crippen LogP) is 1.81. The van der Waals surface area contributed by atoms with Gasteiger partial charge in [0.2, 0.25) is 0 Å². The van der Waals surface area contributed by atoms with Crippen LogP contribution in [0.15, 0.2) is 10.7 Å². The molecule has 0 saturated carbocycles. The Balaban J connectivity index is 3.04. The minimum atomic E-state index is -0.627. The zero-order valence-corrected chi connectivity index (χ0v) is 8.35. The summed E-state index contributed by atoms with van der Waals surface area (Å²) in [5, 5.41) is 3.62. The van der Waals surface area contributed by atoms with Gasteiger partial charge in [-0.05, 0) is 15.9 Å². The first kappa shape index (κ1) is 9.53. The fraction of sp³-hybridized carbons (Fsp3) is 0.200. The molecule has 0 aliphatic heterocycles. The summed E-state index contributed by atoms with van der Waals surface area (Å²) >= 11 is 2.84. The van der Waals surface area contributed by atoms with E-state index in [9.17, 15) is 8.68 Å². The molecule has 1 rings (SSSR count). The Bertz CT molecular complexity index is 304. The van der Waals surface area contributed by atoms with Crippen molar-refractivity contribution in [3.8, 4) is 0 Å². The molecule has 0 aromatic carbocycles. The predicted molar refractivity (Wildman–Crippen MR) is 45.4 cm³/mol. The molecule has 1 heterocycles. The average Bonchev–Trinajstić information content (AvgIpc) is 2.45. The van der Waals surface area contributed by atoms with Gasteiger partial charge in [0.05, 0.1) is 7.11 Å². The number of esters is 1. The van der Waals surface area contributed by atoms with E-state index >= 15 is 0 Å². The second kappa shape index (κ2) is 3.90. The van der Waals surface area contributed by atoms with E-state index in [1.54, 1.807) is 0 Å². The van der Waals surface area contributed by atoms with Crippen LogP contribution >= 0.6 is 28.3 Å². The lowest BCUT2D eigenvalue weighted by Crippen LogP contribution is -2.06. The van der Waals surface area contributed by atoms with Gasteiger partial charge in [-0.3, -0.25) is 0 Å². The smallest absolute Gasteiger partial charge is 0.357 e. The summed E-state index contributed by atoms with van der Waals surface area (Å²) in [5.41, 5.74) is 0.0527. The lowest BCUT2D eigenvalue weighted by atomic mass is 10.4. The molecule has 7 heteroatoms. The Labute approximate surface area is 80.6 Å². The molecular weight excluding hydrogens is 251 g/mol. The maximum Gasteiger partial charge on any atom is 0.357 e. The van der Waals surface area contributed by atoms with E-state index in [2.05, 4.69) is 25.8 Å². The number of carbonyl (C=O) groups excluding carboxylic acids is 1. The summed E-state index contributed by atoms with van der Waals surface area (Å²) in [7, 11) is 1.22. The molecule has 0 aliphatic carbocycles. The third-order valence-electron chi connectivity index (χ3n) is 1.11. The highest BCUT2D eigenvalue weighted by molar-refractivity contribution is 9.10. The topological polar surface area (TPSA) is 44.1 Å². The number of methoxy groups -OCH3 is 1. The van der Waals surface area contributed by atoms with Gasteiger partial charge in [0.1, 0.15) is 4.60 Å². The summed E-state index contributed by atoms with van der Waals surface area (Å²) < 4.78 is 17.7. The van der Waals surface area contributed by atoms with Crippen molar-refractivity contribution in [2.75, 3.05) is 7.11 Å². The summed E-state index contributed by atoms with van der Waals surface area (Å²) in [6.07, 6.45) is 0. The standard InChI is InChI=1S/C5H4BrFN2O2S/c1-11-5(10)3-2-4(6)8-9(3)12-7/h2H,1H3. The molecule has 0 atom stereocenters. The van der Waals surface area contributed by atoms with Crippen molar-refractivity contribution < 1.29 is 13.4 Å². The van der Waals surface area contributed by atoms with Crippen LogP contribution in [0.1, 0.15) is 10.5 Å². The van der Waals surface area contributed by atoms with Crippen LogP contribution in [0.3, 0.4) is 0 Å². The molecule has 1 aromatic rings. The van der Waals surface area contributed by atoms with Crippen LogP contribution in [0.4, 0.5) is 3.89 Å². The van der Waals surface area contributed by atoms with Gasteiger partial charge < -0.3 is 4.74 Å². The number of hydrogen-bond donors (Lipinski definition) is 0. The Morgan fingerprint density at radius 1 is 1.92 bits per heavy atom. The Morgan fingerprint density at radius 3 is 3.08 bits per heavy atom. The van der Waals surface area contributed by atoms with Crippen molar-refractivity contribution in [2.24, 2.45) is 0 Å². The number of hydrogen-bond acceptors (Lipinski definition) is 4. The molecule has 0 radical (unpaired) electrons. The molecule has 0 saturated heterocycles. The van der Waals surface area contributed by atoms with E-state index < -0.39 is 5.97 Å². The van der Waals surface area contributed by atoms with E-state index in [0.717, 1.165) is 4.09 Å². The summed E-state index contributed by atoms with van der Waals surface area (Å²) in [4.78, 5) is 10.9. The SMILES string of the molecule is COC(=O)c1cc(Br)nn1SF. The summed E-state index contributed by atoms with van der Waals surface area (Å²) in [6, 6.07) is 1.37. The van der Waals surface area contributed by atoms with Crippen molar-refractivity contribution in [1.82, 2.24) is 9.19 Å². The highest BCUT2D eigenvalue weighted by Gasteiger charge is 2.15. The van der Waals surface area contributed by atoms with Crippen molar-refractivity contribution in [3.05, 3.63) is 16.4 Å². The molecule has 4 nitrogen and oxygen atoms in total. The van der Waals surface area contributed by atoms with E-state index in [1.165, 1.54) is 13.2 Å². The van der Waals surface area contributed by atoms with Crippen LogP contribution in [0.25, 0.3) is 0 Å². The molecule has 0 amide bonds. The molecule has 0 bridgehead atoms. The maximum absolute atomic E-state index is 12.1. The number of halogens is 2. The first-order valence-corrected chi connectivity index (χ1v) is 4.28. The van der Waals surface area contributed by atoms with E-state index in [1.807, 2.05) is 0 Å². The Hall–Kier alpha value is -0.560. The minimum Gasteiger partial charge on any atom is -0.464 e. The second-order valence-electron chi connectivity index (χ2n) is 1.79. The molecular formula is C5H4BrFN2O2S. The highest BCUT2D eigenvalue weighted by atomic mass is 79.9. The maximum atomic E-state index is 12.1. The van der Waals surface area contributed by atoms with Gasteiger partial charge in [-0.15, -0.1) is 3.89 Å². The molecule has 1 aromatic heterocycles. The Morgan fingerprint density at radius 2 is 2.58 bits per heavy atom. The zero-order valence-electron chi connectivity index (χ0n) is 5.95. The quantitative estimate of drug-likeness (QED) is 0.756. The van der Waals surface area contributed by atoms with Crippen LogP contribution in [-0.4, -0.2) is 22.3 Å². The zero-order chi connectivity index (χ0) is 9.14. The first-order chi connectivity index (χ1) is 5.69. The lowest BCUT2D eigenvalue weighted by Gasteiger charge is -1.96. The van der Waals surface area contributed by atoms with Crippen LogP contribution in [0.2, 0.25) is 0 Å². The highest BCUT2D eigenvalue weighted by Crippen LogP contribution is 2.17. The van der Waals surface area contributed by atoms with Gasteiger partial charge in [-0.2, -0.15) is 9.19 Å². The molecule has 12 heavy (non-hydrogen) atoms. The monoisotopic (exact) mass is 254 g/mol. The number of ether oxygens (including phenoxy) is 1. The minimum absolute atomic E-state index is 0.0527. The molecule has 0 N–H and O–H groups in total. The average molecular weight is 255 g/mol. The fourth-order valence-electron chi connectivity index (χ4n) is 0.632. The van der Waals surface area contributed by atoms with Crippen LogP contribution < -0.4 is 0 Å². The van der Waals surface area contributed by atoms with E-state index in [-0.39, 0.29) is 18.0 Å². The van der Waals surface area contributed by atoms with Gasteiger partial charge in [-0.25, -0.2) is 4.79 Å². The van der Waals surface area contributed by atoms with Crippen LogP contribution in [0.5, 0.6) is 0 Å². The van der Waals surface area contributed by atoms with Crippen molar-refractivity contribution in [1.29, 1.82) is 0 Å². The lowest BCUT2D eigenvalue weighted by molar-refractivity contribution is 0.0592. The number of nitrogens with zero attached hydrogens (tertiary/aromatic N) is 2. The molecule has 0 unspecified atom stereocenters. The number of aromatic nitrogens is 2. The molecule has 0 spiro atoms. The van der Waals surface area contributed by atoms with Crippen LogP contribution in [-0.2, 0) is 4.74 Å². The van der Waals surface area contributed by atoms with Crippen LogP contribution in [0, 0.1) is 0 Å². The van der Waals surface area contributed by atoms with Gasteiger partial charge in [0.15, 0.2) is 18.0 Å². The number of carbonyl (C=O) groups is 1. The van der Waals surface area contributed by atoms with Gasteiger partial charge in [0.25, 0.3) is 0 Å². The second-order valence-corrected chi connectivity index (χ2v) is 3.08. The third kappa shape index (κ3) is 1.78. The third-order valence-corrected chi connectivity index (χ3v) is 1.90. The van der Waals surface area contributed by atoms with E-state index in [4.69, 9.17) is 0 Å². The van der Waals surface area contributed by atoms with E-state index in [0.29, 0.717) is 4.60 Å².